The van der Waals surface area contributed by atoms with Gasteiger partial charge in [-0.05, 0) is 14.0 Å². The van der Waals surface area contributed by atoms with Gasteiger partial charge in [0.15, 0.2) is 0 Å². The van der Waals surface area contributed by atoms with E-state index < -0.39 is 0 Å². The van der Waals surface area contributed by atoms with Gasteiger partial charge in [-0.1, -0.05) is 0 Å². The topological polar surface area (TPSA) is 59.4 Å². The monoisotopic (exact) mass is 252 g/mol. The quantitative estimate of drug-likeness (QED) is 0.739. The van der Waals surface area contributed by atoms with Crippen molar-refractivity contribution in [1.82, 2.24) is 19.8 Å². The normalized spacial score (nSPS) is 17.2. The van der Waals surface area contributed by atoms with Gasteiger partial charge < -0.3 is 14.6 Å². The Labute approximate surface area is 107 Å². The maximum Gasteiger partial charge on any atom is 0.324 e. The fourth-order valence-electron chi connectivity index (χ4n) is 2.16. The summed E-state index contributed by atoms with van der Waals surface area (Å²) in [7, 11) is 1.78. The first-order valence-corrected chi connectivity index (χ1v) is 6.31. The maximum absolute atomic E-state index is 11.7. The fraction of sp³-hybridized carbons (Fsp3) is 0.667. The van der Waals surface area contributed by atoms with Crippen molar-refractivity contribution in [3.05, 3.63) is 18.2 Å². The zero-order chi connectivity index (χ0) is 13.0. The SMILES string of the molecule is CCOC(=O)C(CN1CCn2ccnc2C1)NC. The highest BCUT2D eigenvalue weighted by Gasteiger charge is 2.24. The highest BCUT2D eigenvalue weighted by Crippen LogP contribution is 2.10. The Kier molecular flexibility index (Phi) is 4.33. The second kappa shape index (κ2) is 5.97. The van der Waals surface area contributed by atoms with E-state index in [1.807, 2.05) is 19.3 Å². The van der Waals surface area contributed by atoms with Crippen LogP contribution in [0, 0.1) is 0 Å². The van der Waals surface area contributed by atoms with Crippen molar-refractivity contribution in [1.29, 1.82) is 0 Å². The van der Waals surface area contributed by atoms with Crippen LogP contribution in [0.15, 0.2) is 12.4 Å². The highest BCUT2D eigenvalue weighted by atomic mass is 16.5. The number of imidazole rings is 1. The summed E-state index contributed by atoms with van der Waals surface area (Å²) in [4.78, 5) is 18.2. The summed E-state index contributed by atoms with van der Waals surface area (Å²) >= 11 is 0. The second-order valence-electron chi connectivity index (χ2n) is 4.37. The van der Waals surface area contributed by atoms with Gasteiger partial charge in [0, 0.05) is 32.0 Å². The molecule has 0 bridgehead atoms. The van der Waals surface area contributed by atoms with Crippen molar-refractivity contribution in [3.8, 4) is 0 Å². The van der Waals surface area contributed by atoms with Crippen LogP contribution in [0.3, 0.4) is 0 Å². The molecule has 0 saturated heterocycles. The molecule has 1 aromatic rings. The Bertz CT molecular complexity index is 405. The molecule has 0 radical (unpaired) electrons. The van der Waals surface area contributed by atoms with Gasteiger partial charge in [-0.25, -0.2) is 4.98 Å². The molecule has 2 heterocycles. The summed E-state index contributed by atoms with van der Waals surface area (Å²) in [5, 5.41) is 3.01. The van der Waals surface area contributed by atoms with Crippen LogP contribution in [0.25, 0.3) is 0 Å². The van der Waals surface area contributed by atoms with Gasteiger partial charge in [0.2, 0.25) is 0 Å². The first-order valence-electron chi connectivity index (χ1n) is 6.31. The van der Waals surface area contributed by atoms with Gasteiger partial charge >= 0.3 is 5.97 Å². The lowest BCUT2D eigenvalue weighted by atomic mass is 10.2. The van der Waals surface area contributed by atoms with Gasteiger partial charge in [-0.2, -0.15) is 0 Å². The number of carbonyl (C=O) groups is 1. The highest BCUT2D eigenvalue weighted by molar-refractivity contribution is 5.76. The molecule has 0 aliphatic carbocycles. The van der Waals surface area contributed by atoms with E-state index >= 15 is 0 Å². The van der Waals surface area contributed by atoms with Gasteiger partial charge in [-0.15, -0.1) is 0 Å². The lowest BCUT2D eigenvalue weighted by Gasteiger charge is -2.30. The lowest BCUT2D eigenvalue weighted by molar-refractivity contribution is -0.146. The summed E-state index contributed by atoms with van der Waals surface area (Å²) in [5.74, 6) is 0.869. The van der Waals surface area contributed by atoms with E-state index in [1.54, 1.807) is 7.05 Å². The molecular weight excluding hydrogens is 232 g/mol. The van der Waals surface area contributed by atoms with E-state index in [9.17, 15) is 4.79 Å². The molecule has 1 N–H and O–H groups in total. The molecule has 0 amide bonds. The number of hydrogen-bond donors (Lipinski definition) is 1. The number of ether oxygens (including phenoxy) is 1. The van der Waals surface area contributed by atoms with E-state index in [1.165, 1.54) is 0 Å². The Morgan fingerprint density at radius 3 is 3.17 bits per heavy atom. The third kappa shape index (κ3) is 2.88. The number of nitrogens with zero attached hydrogens (tertiary/aromatic N) is 3. The Hall–Kier alpha value is -1.40. The molecule has 2 rings (SSSR count). The average Bonchev–Trinajstić information content (AvgIpc) is 2.83. The third-order valence-corrected chi connectivity index (χ3v) is 3.18. The predicted octanol–water partition coefficient (Wildman–Crippen LogP) is -0.150. The van der Waals surface area contributed by atoms with E-state index in [0.29, 0.717) is 13.2 Å². The van der Waals surface area contributed by atoms with E-state index in [0.717, 1.165) is 25.5 Å². The molecule has 1 aromatic heterocycles. The van der Waals surface area contributed by atoms with Crippen LogP contribution in [-0.4, -0.2) is 53.2 Å². The molecule has 1 aliphatic heterocycles. The zero-order valence-corrected chi connectivity index (χ0v) is 10.9. The van der Waals surface area contributed by atoms with Crippen LogP contribution in [0.4, 0.5) is 0 Å². The number of nitrogens with one attached hydrogen (secondary N) is 1. The summed E-state index contributed by atoms with van der Waals surface area (Å²) in [6.07, 6.45) is 3.81. The van der Waals surface area contributed by atoms with Crippen molar-refractivity contribution in [3.63, 3.8) is 0 Å². The van der Waals surface area contributed by atoms with Gasteiger partial charge in [0.1, 0.15) is 11.9 Å². The molecule has 0 aromatic carbocycles. The van der Waals surface area contributed by atoms with Crippen molar-refractivity contribution in [2.75, 3.05) is 26.7 Å². The zero-order valence-electron chi connectivity index (χ0n) is 10.9. The Morgan fingerprint density at radius 2 is 2.44 bits per heavy atom. The number of likely N-dealkylation sites (N-methyl/N-ethyl adjacent to an activating group) is 1. The number of esters is 1. The molecule has 6 heteroatoms. The van der Waals surface area contributed by atoms with Gasteiger partial charge in [-0.3, -0.25) is 9.69 Å². The minimum absolute atomic E-state index is 0.186. The summed E-state index contributed by atoms with van der Waals surface area (Å²) in [6.45, 7) is 5.53. The summed E-state index contributed by atoms with van der Waals surface area (Å²) < 4.78 is 7.19. The predicted molar refractivity (Wildman–Crippen MR) is 67.0 cm³/mol. The lowest BCUT2D eigenvalue weighted by Crippen LogP contribution is -2.47. The number of hydrogen-bond acceptors (Lipinski definition) is 5. The standard InChI is InChI=1S/C12H20N4O2/c1-3-18-12(17)10(13-2)8-15-6-7-16-5-4-14-11(16)9-15/h4-5,10,13H,3,6-9H2,1-2H3. The van der Waals surface area contributed by atoms with Crippen LogP contribution in [0.1, 0.15) is 12.7 Å². The fourth-order valence-corrected chi connectivity index (χ4v) is 2.16. The maximum atomic E-state index is 11.7. The van der Waals surface area contributed by atoms with Crippen molar-refractivity contribution >= 4 is 5.97 Å². The van der Waals surface area contributed by atoms with Crippen LogP contribution < -0.4 is 5.32 Å². The average molecular weight is 252 g/mol. The molecule has 0 fully saturated rings. The van der Waals surface area contributed by atoms with Gasteiger partial charge in [0.25, 0.3) is 0 Å². The van der Waals surface area contributed by atoms with E-state index in [4.69, 9.17) is 4.74 Å². The Morgan fingerprint density at radius 1 is 1.61 bits per heavy atom. The minimum Gasteiger partial charge on any atom is -0.465 e. The molecule has 1 unspecified atom stereocenters. The molecule has 0 saturated carbocycles. The van der Waals surface area contributed by atoms with Crippen molar-refractivity contribution in [2.24, 2.45) is 0 Å². The Balaban J connectivity index is 1.91. The second-order valence-corrected chi connectivity index (χ2v) is 4.37. The van der Waals surface area contributed by atoms with Crippen molar-refractivity contribution in [2.45, 2.75) is 26.1 Å². The smallest absolute Gasteiger partial charge is 0.324 e. The first kappa shape index (κ1) is 13.0. The molecular formula is C12H20N4O2. The number of rotatable bonds is 5. The van der Waals surface area contributed by atoms with Crippen LogP contribution in [-0.2, 0) is 22.6 Å². The number of aromatic nitrogens is 2. The van der Waals surface area contributed by atoms with Crippen LogP contribution >= 0.6 is 0 Å². The van der Waals surface area contributed by atoms with Gasteiger partial charge in [0.05, 0.1) is 13.2 Å². The minimum atomic E-state index is -0.272. The first-order chi connectivity index (χ1) is 8.74. The van der Waals surface area contributed by atoms with Crippen LogP contribution in [0.2, 0.25) is 0 Å². The number of carbonyl (C=O) groups excluding carboxylic acids is 1. The van der Waals surface area contributed by atoms with Crippen LogP contribution in [0.5, 0.6) is 0 Å². The molecule has 100 valence electrons. The molecule has 0 spiro atoms. The van der Waals surface area contributed by atoms with E-state index in [-0.39, 0.29) is 12.0 Å². The van der Waals surface area contributed by atoms with Crippen molar-refractivity contribution < 1.29 is 9.53 Å². The third-order valence-electron chi connectivity index (χ3n) is 3.18. The number of fused-ring (bicyclic) bond motifs is 1. The largest absolute Gasteiger partial charge is 0.465 e. The molecule has 1 aliphatic rings. The molecule has 1 atom stereocenters. The summed E-state index contributed by atoms with van der Waals surface area (Å²) in [6, 6.07) is -0.272. The summed E-state index contributed by atoms with van der Waals surface area (Å²) in [5.41, 5.74) is 0. The molecule has 18 heavy (non-hydrogen) atoms. The molecule has 6 nitrogen and oxygen atoms in total. The van der Waals surface area contributed by atoms with E-state index in [2.05, 4.69) is 19.8 Å².